The summed E-state index contributed by atoms with van der Waals surface area (Å²) in [5.74, 6) is 0. The van der Waals surface area contributed by atoms with Crippen LogP contribution in [0.25, 0.3) is 10.9 Å². The Morgan fingerprint density at radius 3 is 2.81 bits per heavy atom. The van der Waals surface area contributed by atoms with Crippen LogP contribution >= 0.6 is 0 Å². The van der Waals surface area contributed by atoms with E-state index < -0.39 is 0 Å². The Morgan fingerprint density at radius 2 is 2.05 bits per heavy atom. The Morgan fingerprint density at radius 1 is 1.19 bits per heavy atom. The third-order valence-electron chi connectivity index (χ3n) is 3.72. The molecule has 3 nitrogen and oxygen atoms in total. The molecule has 3 heteroatoms. The molecular weight excluding hydrogens is 260 g/mol. The number of hydrogen-bond acceptors (Lipinski definition) is 2. The standard InChI is InChI=1S/C18H28N2O/c1-4-5-12-21-13-11-20-10-9-17-16(14-19-15(2)3)7-6-8-18(17)20/h6-10,15,19H,4-5,11-14H2,1-3H3. The van der Waals surface area contributed by atoms with Crippen molar-refractivity contribution in [1.82, 2.24) is 9.88 Å². The molecule has 0 aliphatic rings. The SMILES string of the molecule is CCCCOCCn1ccc2c(CNC(C)C)cccc21. The Kier molecular flexibility index (Phi) is 6.27. The first-order chi connectivity index (χ1) is 10.2. The fraction of sp³-hybridized carbons (Fsp3) is 0.556. The molecule has 0 spiro atoms. The minimum Gasteiger partial charge on any atom is -0.380 e. The molecule has 0 saturated carbocycles. The van der Waals surface area contributed by atoms with E-state index in [1.807, 2.05) is 0 Å². The van der Waals surface area contributed by atoms with Crippen LogP contribution in [0.1, 0.15) is 39.2 Å². The van der Waals surface area contributed by atoms with Crippen molar-refractivity contribution in [1.29, 1.82) is 0 Å². The van der Waals surface area contributed by atoms with Gasteiger partial charge < -0.3 is 14.6 Å². The van der Waals surface area contributed by atoms with Crippen molar-refractivity contribution in [3.8, 4) is 0 Å². The highest BCUT2D eigenvalue weighted by atomic mass is 16.5. The van der Waals surface area contributed by atoms with Crippen molar-refractivity contribution < 1.29 is 4.74 Å². The van der Waals surface area contributed by atoms with Crippen LogP contribution in [0.2, 0.25) is 0 Å². The quantitative estimate of drug-likeness (QED) is 0.707. The molecular formula is C18H28N2O. The fourth-order valence-electron chi connectivity index (χ4n) is 2.46. The zero-order valence-electron chi connectivity index (χ0n) is 13.6. The van der Waals surface area contributed by atoms with Gasteiger partial charge in [-0.1, -0.05) is 39.3 Å². The van der Waals surface area contributed by atoms with Crippen molar-refractivity contribution in [3.63, 3.8) is 0 Å². The van der Waals surface area contributed by atoms with Gasteiger partial charge in [0.15, 0.2) is 0 Å². The van der Waals surface area contributed by atoms with E-state index in [9.17, 15) is 0 Å². The predicted molar refractivity (Wildman–Crippen MR) is 89.6 cm³/mol. The van der Waals surface area contributed by atoms with Crippen LogP contribution in [0.5, 0.6) is 0 Å². The van der Waals surface area contributed by atoms with E-state index in [4.69, 9.17) is 4.74 Å². The Balaban J connectivity index is 2.00. The normalized spacial score (nSPS) is 11.6. The summed E-state index contributed by atoms with van der Waals surface area (Å²) in [6.45, 7) is 10.1. The molecule has 0 atom stereocenters. The Bertz CT molecular complexity index is 545. The number of ether oxygens (including phenoxy) is 1. The number of hydrogen-bond donors (Lipinski definition) is 1. The molecule has 0 aliphatic carbocycles. The highest BCUT2D eigenvalue weighted by Gasteiger charge is 2.06. The molecule has 1 aromatic carbocycles. The lowest BCUT2D eigenvalue weighted by molar-refractivity contribution is 0.124. The van der Waals surface area contributed by atoms with Gasteiger partial charge >= 0.3 is 0 Å². The molecule has 0 amide bonds. The van der Waals surface area contributed by atoms with Crippen LogP contribution in [0.15, 0.2) is 30.5 Å². The first kappa shape index (κ1) is 16.1. The molecule has 0 bridgehead atoms. The van der Waals surface area contributed by atoms with Crippen LogP contribution in [-0.2, 0) is 17.8 Å². The van der Waals surface area contributed by atoms with E-state index in [0.29, 0.717) is 6.04 Å². The predicted octanol–water partition coefficient (Wildman–Crippen LogP) is 3.96. The van der Waals surface area contributed by atoms with Gasteiger partial charge in [-0.25, -0.2) is 0 Å². The summed E-state index contributed by atoms with van der Waals surface area (Å²) in [4.78, 5) is 0. The Hall–Kier alpha value is -1.32. The zero-order chi connectivity index (χ0) is 15.1. The van der Waals surface area contributed by atoms with Gasteiger partial charge in [0.05, 0.1) is 6.61 Å². The van der Waals surface area contributed by atoms with Gasteiger partial charge in [0.2, 0.25) is 0 Å². The number of rotatable bonds is 9. The van der Waals surface area contributed by atoms with Crippen LogP contribution in [0.4, 0.5) is 0 Å². The summed E-state index contributed by atoms with van der Waals surface area (Å²) in [5, 5.41) is 4.84. The van der Waals surface area contributed by atoms with E-state index >= 15 is 0 Å². The molecule has 116 valence electrons. The first-order valence-corrected chi connectivity index (χ1v) is 8.10. The average Bonchev–Trinajstić information content (AvgIpc) is 2.89. The highest BCUT2D eigenvalue weighted by molar-refractivity contribution is 5.83. The fourth-order valence-corrected chi connectivity index (χ4v) is 2.46. The summed E-state index contributed by atoms with van der Waals surface area (Å²) in [5.41, 5.74) is 2.67. The molecule has 0 fully saturated rings. The number of nitrogens with zero attached hydrogens (tertiary/aromatic N) is 1. The second-order valence-corrected chi connectivity index (χ2v) is 5.86. The molecule has 2 rings (SSSR count). The third-order valence-corrected chi connectivity index (χ3v) is 3.72. The summed E-state index contributed by atoms with van der Waals surface area (Å²) in [6, 6.07) is 9.28. The second-order valence-electron chi connectivity index (χ2n) is 5.86. The van der Waals surface area contributed by atoms with Crippen LogP contribution in [0.3, 0.4) is 0 Å². The second kappa shape index (κ2) is 8.20. The van der Waals surface area contributed by atoms with E-state index in [-0.39, 0.29) is 0 Å². The smallest absolute Gasteiger partial charge is 0.0645 e. The Labute approximate surface area is 128 Å². The van der Waals surface area contributed by atoms with Crippen molar-refractivity contribution in [2.75, 3.05) is 13.2 Å². The average molecular weight is 288 g/mol. The maximum Gasteiger partial charge on any atom is 0.0645 e. The van der Waals surface area contributed by atoms with E-state index in [1.165, 1.54) is 22.9 Å². The van der Waals surface area contributed by atoms with E-state index in [1.54, 1.807) is 0 Å². The van der Waals surface area contributed by atoms with Gasteiger partial charge in [-0.05, 0) is 24.1 Å². The summed E-state index contributed by atoms with van der Waals surface area (Å²) < 4.78 is 7.96. The summed E-state index contributed by atoms with van der Waals surface area (Å²) in [7, 11) is 0. The summed E-state index contributed by atoms with van der Waals surface area (Å²) >= 11 is 0. The van der Waals surface area contributed by atoms with Gasteiger partial charge in [0.1, 0.15) is 0 Å². The van der Waals surface area contributed by atoms with Crippen LogP contribution in [0, 0.1) is 0 Å². The number of aromatic nitrogens is 1. The third kappa shape index (κ3) is 4.58. The molecule has 2 aromatic rings. The molecule has 0 unspecified atom stereocenters. The number of nitrogens with one attached hydrogen (secondary N) is 1. The van der Waals surface area contributed by atoms with Gasteiger partial charge in [0.25, 0.3) is 0 Å². The minimum absolute atomic E-state index is 0.509. The van der Waals surface area contributed by atoms with Crippen LogP contribution in [-0.4, -0.2) is 23.8 Å². The first-order valence-electron chi connectivity index (χ1n) is 8.10. The molecule has 1 heterocycles. The molecule has 0 radical (unpaired) electrons. The lowest BCUT2D eigenvalue weighted by Crippen LogP contribution is -2.21. The van der Waals surface area contributed by atoms with Crippen molar-refractivity contribution in [3.05, 3.63) is 36.0 Å². The zero-order valence-corrected chi connectivity index (χ0v) is 13.6. The van der Waals surface area contributed by atoms with Gasteiger partial charge in [-0.3, -0.25) is 0 Å². The topological polar surface area (TPSA) is 26.2 Å². The van der Waals surface area contributed by atoms with Gasteiger partial charge in [0, 0.05) is 42.8 Å². The van der Waals surface area contributed by atoms with Crippen molar-refractivity contribution in [2.24, 2.45) is 0 Å². The maximum absolute atomic E-state index is 5.67. The molecule has 0 aliphatic heterocycles. The van der Waals surface area contributed by atoms with Gasteiger partial charge in [-0.15, -0.1) is 0 Å². The monoisotopic (exact) mass is 288 g/mol. The number of unbranched alkanes of at least 4 members (excludes halogenated alkanes) is 1. The highest BCUT2D eigenvalue weighted by Crippen LogP contribution is 2.20. The molecule has 0 saturated heterocycles. The lowest BCUT2D eigenvalue weighted by atomic mass is 10.1. The number of benzene rings is 1. The number of fused-ring (bicyclic) bond motifs is 1. The maximum atomic E-state index is 5.67. The largest absolute Gasteiger partial charge is 0.380 e. The molecule has 21 heavy (non-hydrogen) atoms. The summed E-state index contributed by atoms with van der Waals surface area (Å²) in [6.07, 6.45) is 4.52. The van der Waals surface area contributed by atoms with E-state index in [2.05, 4.69) is 61.1 Å². The minimum atomic E-state index is 0.509. The lowest BCUT2D eigenvalue weighted by Gasteiger charge is -2.10. The van der Waals surface area contributed by atoms with Gasteiger partial charge in [-0.2, -0.15) is 0 Å². The van der Waals surface area contributed by atoms with Crippen molar-refractivity contribution in [2.45, 2.75) is 52.7 Å². The molecule has 1 aromatic heterocycles. The van der Waals surface area contributed by atoms with E-state index in [0.717, 1.165) is 32.7 Å². The molecule has 1 N–H and O–H groups in total. The van der Waals surface area contributed by atoms with Crippen molar-refractivity contribution >= 4 is 10.9 Å². The van der Waals surface area contributed by atoms with Crippen LogP contribution < -0.4 is 5.32 Å².